The number of benzene rings is 1. The minimum absolute atomic E-state index is 0.246. The molecule has 17 heavy (non-hydrogen) atoms. The highest BCUT2D eigenvalue weighted by Crippen LogP contribution is 2.10. The number of rotatable bonds is 6. The molecule has 0 saturated carbocycles. The summed E-state index contributed by atoms with van der Waals surface area (Å²) in [5.74, 6) is 0. The average molecular weight is 257 g/mol. The van der Waals surface area contributed by atoms with E-state index < -0.39 is 16.1 Å². The van der Waals surface area contributed by atoms with Crippen molar-refractivity contribution in [3.8, 4) is 0 Å². The van der Waals surface area contributed by atoms with Gasteiger partial charge in [-0.05, 0) is 37.5 Å². The van der Waals surface area contributed by atoms with E-state index in [9.17, 15) is 8.42 Å². The Morgan fingerprint density at radius 3 is 2.35 bits per heavy atom. The van der Waals surface area contributed by atoms with Crippen molar-refractivity contribution in [3.05, 3.63) is 29.8 Å². The predicted molar refractivity (Wildman–Crippen MR) is 67.3 cm³/mol. The van der Waals surface area contributed by atoms with E-state index >= 15 is 0 Å². The third-order valence-corrected chi connectivity index (χ3v) is 3.97. The number of hydrogen-bond donors (Lipinski definition) is 2. The Bertz CT molecular complexity index is 437. The van der Waals surface area contributed by atoms with Crippen LogP contribution in [0.15, 0.2) is 29.2 Å². The molecule has 96 valence electrons. The van der Waals surface area contributed by atoms with Crippen molar-refractivity contribution in [1.82, 2.24) is 4.72 Å². The van der Waals surface area contributed by atoms with Gasteiger partial charge in [0, 0.05) is 6.54 Å². The smallest absolute Gasteiger partial charge is 0.240 e. The number of aliphatic hydroxyl groups is 1. The zero-order valence-corrected chi connectivity index (χ0v) is 11.0. The summed E-state index contributed by atoms with van der Waals surface area (Å²) in [7, 11) is -3.44. The maximum Gasteiger partial charge on any atom is 0.240 e. The molecule has 5 heteroatoms. The molecule has 4 nitrogen and oxygen atoms in total. The van der Waals surface area contributed by atoms with Crippen LogP contribution in [0.5, 0.6) is 0 Å². The standard InChI is InChI=1S/C12H19NO3S/c1-3-11-4-6-12(7-5-11)17(15,16)13-9-8-10(2)14/h4-7,10,13-14H,3,8-9H2,1-2H3. The Balaban J connectivity index is 2.68. The molecule has 0 aliphatic rings. The van der Waals surface area contributed by atoms with Gasteiger partial charge in [0.15, 0.2) is 0 Å². The van der Waals surface area contributed by atoms with Crippen LogP contribution in [0.1, 0.15) is 25.8 Å². The van der Waals surface area contributed by atoms with Crippen LogP contribution in [0.2, 0.25) is 0 Å². The molecule has 0 saturated heterocycles. The summed E-state index contributed by atoms with van der Waals surface area (Å²) in [5.41, 5.74) is 1.10. The maximum absolute atomic E-state index is 11.8. The molecule has 1 aromatic carbocycles. The fraction of sp³-hybridized carbons (Fsp3) is 0.500. The number of aryl methyl sites for hydroxylation is 1. The van der Waals surface area contributed by atoms with E-state index in [1.165, 1.54) is 0 Å². The Labute approximate surface area is 103 Å². The molecule has 0 heterocycles. The fourth-order valence-corrected chi connectivity index (χ4v) is 2.44. The lowest BCUT2D eigenvalue weighted by atomic mass is 10.2. The number of sulfonamides is 1. The predicted octanol–water partition coefficient (Wildman–Crippen LogP) is 1.30. The van der Waals surface area contributed by atoms with E-state index in [-0.39, 0.29) is 11.4 Å². The highest BCUT2D eigenvalue weighted by molar-refractivity contribution is 7.89. The van der Waals surface area contributed by atoms with Gasteiger partial charge >= 0.3 is 0 Å². The van der Waals surface area contributed by atoms with E-state index in [1.54, 1.807) is 19.1 Å². The SMILES string of the molecule is CCc1ccc(S(=O)(=O)NCCC(C)O)cc1. The highest BCUT2D eigenvalue weighted by Gasteiger charge is 2.13. The third-order valence-electron chi connectivity index (χ3n) is 2.50. The summed E-state index contributed by atoms with van der Waals surface area (Å²) >= 11 is 0. The summed E-state index contributed by atoms with van der Waals surface area (Å²) in [5, 5.41) is 9.05. The van der Waals surface area contributed by atoms with E-state index in [0.717, 1.165) is 12.0 Å². The van der Waals surface area contributed by atoms with Crippen molar-refractivity contribution in [1.29, 1.82) is 0 Å². The molecule has 1 rings (SSSR count). The number of aliphatic hydroxyl groups excluding tert-OH is 1. The quantitative estimate of drug-likeness (QED) is 0.807. The molecule has 0 aliphatic carbocycles. The third kappa shape index (κ3) is 4.46. The van der Waals surface area contributed by atoms with E-state index in [2.05, 4.69) is 4.72 Å². The normalized spacial score (nSPS) is 13.6. The molecule has 2 N–H and O–H groups in total. The summed E-state index contributed by atoms with van der Waals surface area (Å²) in [6.45, 7) is 3.89. The maximum atomic E-state index is 11.8. The van der Waals surface area contributed by atoms with Gasteiger partial charge in [0.2, 0.25) is 10.0 Å². The van der Waals surface area contributed by atoms with Crippen LogP contribution < -0.4 is 4.72 Å². The van der Waals surface area contributed by atoms with Crippen LogP contribution in [0, 0.1) is 0 Å². The van der Waals surface area contributed by atoms with Crippen LogP contribution in [0.3, 0.4) is 0 Å². The first-order valence-corrected chi connectivity index (χ1v) is 7.20. The van der Waals surface area contributed by atoms with E-state index in [4.69, 9.17) is 5.11 Å². The average Bonchev–Trinajstić information content (AvgIpc) is 2.28. The van der Waals surface area contributed by atoms with Crippen molar-refractivity contribution in [2.75, 3.05) is 6.54 Å². The minimum atomic E-state index is -3.44. The zero-order valence-electron chi connectivity index (χ0n) is 10.2. The fourth-order valence-electron chi connectivity index (χ4n) is 1.39. The largest absolute Gasteiger partial charge is 0.393 e. The van der Waals surface area contributed by atoms with Gasteiger partial charge in [0.25, 0.3) is 0 Å². The first-order chi connectivity index (χ1) is 7.95. The minimum Gasteiger partial charge on any atom is -0.393 e. The molecule has 1 unspecified atom stereocenters. The van der Waals surface area contributed by atoms with Crippen molar-refractivity contribution in [2.45, 2.75) is 37.7 Å². The van der Waals surface area contributed by atoms with Gasteiger partial charge in [-0.25, -0.2) is 13.1 Å². The number of nitrogens with one attached hydrogen (secondary N) is 1. The van der Waals surface area contributed by atoms with Crippen LogP contribution in [-0.2, 0) is 16.4 Å². The van der Waals surface area contributed by atoms with Crippen LogP contribution in [0.25, 0.3) is 0 Å². The lowest BCUT2D eigenvalue weighted by Gasteiger charge is -2.08. The van der Waals surface area contributed by atoms with Gasteiger partial charge < -0.3 is 5.11 Å². The van der Waals surface area contributed by atoms with Gasteiger partial charge in [0.05, 0.1) is 11.0 Å². The molecule has 0 aromatic heterocycles. The van der Waals surface area contributed by atoms with Crippen molar-refractivity contribution in [3.63, 3.8) is 0 Å². The monoisotopic (exact) mass is 257 g/mol. The van der Waals surface area contributed by atoms with Crippen molar-refractivity contribution in [2.24, 2.45) is 0 Å². The summed E-state index contributed by atoms with van der Waals surface area (Å²) in [4.78, 5) is 0.264. The molecule has 0 radical (unpaired) electrons. The van der Waals surface area contributed by atoms with Crippen LogP contribution in [0.4, 0.5) is 0 Å². The van der Waals surface area contributed by atoms with Crippen molar-refractivity contribution < 1.29 is 13.5 Å². The Hall–Kier alpha value is -0.910. The van der Waals surface area contributed by atoms with Gasteiger partial charge in [-0.1, -0.05) is 19.1 Å². The van der Waals surface area contributed by atoms with E-state index in [1.807, 2.05) is 19.1 Å². The molecular weight excluding hydrogens is 238 g/mol. The summed E-state index contributed by atoms with van der Waals surface area (Å²) in [6.07, 6.45) is 0.794. The first kappa shape index (κ1) is 14.2. The second-order valence-electron chi connectivity index (χ2n) is 4.03. The second-order valence-corrected chi connectivity index (χ2v) is 5.80. The second kappa shape index (κ2) is 6.14. The van der Waals surface area contributed by atoms with Crippen LogP contribution in [-0.4, -0.2) is 26.2 Å². The molecule has 1 atom stereocenters. The zero-order chi connectivity index (χ0) is 12.9. The van der Waals surface area contributed by atoms with Crippen molar-refractivity contribution >= 4 is 10.0 Å². The van der Waals surface area contributed by atoms with E-state index in [0.29, 0.717) is 6.42 Å². The lowest BCUT2D eigenvalue weighted by Crippen LogP contribution is -2.26. The summed E-state index contributed by atoms with van der Waals surface area (Å²) in [6, 6.07) is 6.82. The lowest BCUT2D eigenvalue weighted by molar-refractivity contribution is 0.186. The van der Waals surface area contributed by atoms with Gasteiger partial charge in [-0.3, -0.25) is 0 Å². The molecule has 0 bridgehead atoms. The Morgan fingerprint density at radius 2 is 1.88 bits per heavy atom. The number of hydrogen-bond acceptors (Lipinski definition) is 3. The van der Waals surface area contributed by atoms with Gasteiger partial charge in [-0.15, -0.1) is 0 Å². The Kier molecular flexibility index (Phi) is 5.11. The molecule has 0 amide bonds. The molecule has 1 aromatic rings. The molecule has 0 fully saturated rings. The first-order valence-electron chi connectivity index (χ1n) is 5.72. The molecule has 0 spiro atoms. The highest BCUT2D eigenvalue weighted by atomic mass is 32.2. The summed E-state index contributed by atoms with van der Waals surface area (Å²) < 4.78 is 26.1. The van der Waals surface area contributed by atoms with Crippen LogP contribution >= 0.6 is 0 Å². The van der Waals surface area contributed by atoms with Gasteiger partial charge in [0.1, 0.15) is 0 Å². The van der Waals surface area contributed by atoms with Gasteiger partial charge in [-0.2, -0.15) is 0 Å². The molecular formula is C12H19NO3S. The topological polar surface area (TPSA) is 66.4 Å². The molecule has 0 aliphatic heterocycles. The Morgan fingerprint density at radius 1 is 1.29 bits per heavy atom.